The van der Waals surface area contributed by atoms with Crippen molar-refractivity contribution in [2.75, 3.05) is 13.1 Å². The Hall–Kier alpha value is -0.430. The highest BCUT2D eigenvalue weighted by Crippen LogP contribution is 2.40. The summed E-state index contributed by atoms with van der Waals surface area (Å²) in [5.41, 5.74) is 0.178. The molecule has 0 aliphatic heterocycles. The van der Waals surface area contributed by atoms with Crippen LogP contribution in [0.2, 0.25) is 0 Å². The van der Waals surface area contributed by atoms with Gasteiger partial charge in [-0.25, -0.2) is 13.1 Å². The molecule has 1 saturated carbocycles. The summed E-state index contributed by atoms with van der Waals surface area (Å²) in [4.78, 5) is 1.06. The number of sulfonamides is 1. The van der Waals surface area contributed by atoms with Crippen molar-refractivity contribution in [2.24, 2.45) is 5.41 Å². The SMILES string of the molecule is CCNCc1ccc(S(=O)(=O)NCC2(CC)CCCC2)s1. The summed E-state index contributed by atoms with van der Waals surface area (Å²) < 4.78 is 28.1. The molecule has 0 radical (unpaired) electrons. The van der Waals surface area contributed by atoms with Gasteiger partial charge in [-0.15, -0.1) is 11.3 Å². The van der Waals surface area contributed by atoms with Gasteiger partial charge in [-0.3, -0.25) is 0 Å². The topological polar surface area (TPSA) is 58.2 Å². The summed E-state index contributed by atoms with van der Waals surface area (Å²) in [6.07, 6.45) is 5.78. The number of hydrogen-bond acceptors (Lipinski definition) is 4. The molecule has 1 fully saturated rings. The van der Waals surface area contributed by atoms with E-state index in [0.717, 1.165) is 37.2 Å². The Morgan fingerprint density at radius 3 is 2.57 bits per heavy atom. The van der Waals surface area contributed by atoms with Gasteiger partial charge in [0.05, 0.1) is 0 Å². The van der Waals surface area contributed by atoms with Crippen LogP contribution < -0.4 is 10.0 Å². The van der Waals surface area contributed by atoms with Crippen LogP contribution in [0.3, 0.4) is 0 Å². The molecule has 1 heterocycles. The maximum atomic E-state index is 12.4. The first-order valence-electron chi connectivity index (χ1n) is 7.80. The van der Waals surface area contributed by atoms with Crippen LogP contribution in [0.25, 0.3) is 0 Å². The molecular formula is C15H26N2O2S2. The van der Waals surface area contributed by atoms with Crippen LogP contribution in [0.15, 0.2) is 16.3 Å². The zero-order chi connectivity index (χ0) is 15.3. The van der Waals surface area contributed by atoms with Crippen LogP contribution in [0.4, 0.5) is 0 Å². The molecule has 0 amide bonds. The maximum Gasteiger partial charge on any atom is 0.250 e. The molecule has 1 aromatic rings. The molecule has 2 rings (SSSR count). The molecule has 0 bridgehead atoms. The summed E-state index contributed by atoms with van der Waals surface area (Å²) in [6, 6.07) is 3.61. The Labute approximate surface area is 132 Å². The fourth-order valence-corrected chi connectivity index (χ4v) is 5.47. The molecule has 2 N–H and O–H groups in total. The van der Waals surface area contributed by atoms with Gasteiger partial charge in [0.25, 0.3) is 0 Å². The molecule has 0 spiro atoms. The lowest BCUT2D eigenvalue weighted by Crippen LogP contribution is -2.35. The quantitative estimate of drug-likeness (QED) is 0.770. The smallest absolute Gasteiger partial charge is 0.250 e. The van der Waals surface area contributed by atoms with Crippen LogP contribution in [0, 0.1) is 5.41 Å². The van der Waals surface area contributed by atoms with Crippen LogP contribution in [0.1, 0.15) is 50.8 Å². The third-order valence-corrected chi connectivity index (χ3v) is 7.48. The highest BCUT2D eigenvalue weighted by Gasteiger charge is 2.33. The van der Waals surface area contributed by atoms with Crippen LogP contribution in [-0.2, 0) is 16.6 Å². The summed E-state index contributed by atoms with van der Waals surface area (Å²) in [5, 5.41) is 3.22. The Bertz CT molecular complexity index is 546. The lowest BCUT2D eigenvalue weighted by atomic mass is 9.84. The first kappa shape index (κ1) is 16.9. The number of rotatable bonds is 8. The lowest BCUT2D eigenvalue weighted by molar-refractivity contribution is 0.286. The average molecular weight is 331 g/mol. The molecular weight excluding hydrogens is 304 g/mol. The second-order valence-electron chi connectivity index (χ2n) is 5.89. The van der Waals surface area contributed by atoms with Crippen LogP contribution >= 0.6 is 11.3 Å². The molecule has 0 saturated heterocycles. The minimum Gasteiger partial charge on any atom is -0.312 e. The zero-order valence-electron chi connectivity index (χ0n) is 12.9. The second-order valence-corrected chi connectivity index (χ2v) is 9.05. The fourth-order valence-electron chi connectivity index (χ4n) is 2.95. The van der Waals surface area contributed by atoms with Gasteiger partial charge in [-0.2, -0.15) is 0 Å². The summed E-state index contributed by atoms with van der Waals surface area (Å²) in [7, 11) is -3.36. The number of nitrogens with one attached hydrogen (secondary N) is 2. The minimum atomic E-state index is -3.36. The van der Waals surface area contributed by atoms with Gasteiger partial charge >= 0.3 is 0 Å². The molecule has 4 nitrogen and oxygen atoms in total. The van der Waals surface area contributed by atoms with E-state index in [0.29, 0.717) is 10.8 Å². The number of thiophene rings is 1. The van der Waals surface area contributed by atoms with Crippen molar-refractivity contribution in [1.29, 1.82) is 0 Å². The molecule has 1 aliphatic rings. The molecule has 0 atom stereocenters. The van der Waals surface area contributed by atoms with E-state index in [2.05, 4.69) is 17.0 Å². The highest BCUT2D eigenvalue weighted by atomic mass is 32.2. The van der Waals surface area contributed by atoms with Crippen molar-refractivity contribution in [2.45, 2.75) is 56.7 Å². The summed E-state index contributed by atoms with van der Waals surface area (Å²) in [6.45, 7) is 6.40. The van der Waals surface area contributed by atoms with Crippen molar-refractivity contribution >= 4 is 21.4 Å². The third kappa shape index (κ3) is 4.28. The molecule has 0 unspecified atom stereocenters. The fraction of sp³-hybridized carbons (Fsp3) is 0.733. The monoisotopic (exact) mass is 330 g/mol. The Morgan fingerprint density at radius 1 is 1.24 bits per heavy atom. The van der Waals surface area contributed by atoms with Crippen LogP contribution in [0.5, 0.6) is 0 Å². The predicted molar refractivity (Wildman–Crippen MR) is 88.1 cm³/mol. The lowest BCUT2D eigenvalue weighted by Gasteiger charge is -2.27. The van der Waals surface area contributed by atoms with Gasteiger partial charge in [0.2, 0.25) is 10.0 Å². The van der Waals surface area contributed by atoms with Gasteiger partial charge in [0, 0.05) is 18.0 Å². The third-order valence-electron chi connectivity index (χ3n) is 4.50. The Balaban J connectivity index is 1.99. The van der Waals surface area contributed by atoms with E-state index in [1.807, 2.05) is 13.0 Å². The Morgan fingerprint density at radius 2 is 1.95 bits per heavy atom. The average Bonchev–Trinajstić information content (AvgIpc) is 3.13. The number of hydrogen-bond donors (Lipinski definition) is 2. The molecule has 1 aromatic heterocycles. The minimum absolute atomic E-state index is 0.178. The zero-order valence-corrected chi connectivity index (χ0v) is 14.6. The second kappa shape index (κ2) is 7.22. The van der Waals surface area contributed by atoms with Crippen molar-refractivity contribution in [3.63, 3.8) is 0 Å². The van der Waals surface area contributed by atoms with E-state index in [1.54, 1.807) is 6.07 Å². The van der Waals surface area contributed by atoms with Crippen LogP contribution in [-0.4, -0.2) is 21.5 Å². The van der Waals surface area contributed by atoms with Crippen molar-refractivity contribution in [1.82, 2.24) is 10.0 Å². The highest BCUT2D eigenvalue weighted by molar-refractivity contribution is 7.91. The van der Waals surface area contributed by atoms with Gasteiger partial charge in [-0.05, 0) is 43.4 Å². The van der Waals surface area contributed by atoms with E-state index in [4.69, 9.17) is 0 Å². The first-order valence-corrected chi connectivity index (χ1v) is 10.1. The van der Waals surface area contributed by atoms with E-state index in [1.165, 1.54) is 24.2 Å². The van der Waals surface area contributed by atoms with Crippen molar-refractivity contribution < 1.29 is 8.42 Å². The van der Waals surface area contributed by atoms with E-state index >= 15 is 0 Å². The van der Waals surface area contributed by atoms with Gasteiger partial charge in [0.1, 0.15) is 4.21 Å². The first-order chi connectivity index (χ1) is 10.0. The van der Waals surface area contributed by atoms with E-state index in [-0.39, 0.29) is 5.41 Å². The molecule has 0 aromatic carbocycles. The molecule has 6 heteroatoms. The molecule has 1 aliphatic carbocycles. The predicted octanol–water partition coefficient (Wildman–Crippen LogP) is 3.11. The Kier molecular flexibility index (Phi) is 5.82. The standard InChI is InChI=1S/C15H26N2O2S2/c1-3-15(9-5-6-10-15)12-17-21(18,19)14-8-7-13(20-14)11-16-4-2/h7-8,16-17H,3-6,9-12H2,1-2H3. The van der Waals surface area contributed by atoms with Gasteiger partial charge in [0.15, 0.2) is 0 Å². The largest absolute Gasteiger partial charge is 0.312 e. The van der Waals surface area contributed by atoms with Crippen molar-refractivity contribution in [3.8, 4) is 0 Å². The molecule has 120 valence electrons. The normalized spacial score (nSPS) is 18.2. The summed E-state index contributed by atoms with van der Waals surface area (Å²) in [5.74, 6) is 0. The summed E-state index contributed by atoms with van der Waals surface area (Å²) >= 11 is 1.36. The molecule has 21 heavy (non-hydrogen) atoms. The van der Waals surface area contributed by atoms with E-state index < -0.39 is 10.0 Å². The van der Waals surface area contributed by atoms with Crippen molar-refractivity contribution in [3.05, 3.63) is 17.0 Å². The maximum absolute atomic E-state index is 12.4. The van der Waals surface area contributed by atoms with Gasteiger partial charge in [-0.1, -0.05) is 26.7 Å². The van der Waals surface area contributed by atoms with Gasteiger partial charge < -0.3 is 5.32 Å². The van der Waals surface area contributed by atoms with E-state index in [9.17, 15) is 8.42 Å².